The van der Waals surface area contributed by atoms with Crippen LogP contribution in [0.1, 0.15) is 23.2 Å². The third kappa shape index (κ3) is 6.73. The van der Waals surface area contributed by atoms with E-state index in [1.807, 2.05) is 18.2 Å². The monoisotopic (exact) mass is 450 g/mol. The Kier molecular flexibility index (Phi) is 7.34. The van der Waals surface area contributed by atoms with Crippen LogP contribution < -0.4 is 10.1 Å². The molecule has 1 fully saturated rings. The van der Waals surface area contributed by atoms with E-state index in [9.17, 15) is 27.6 Å². The lowest BCUT2D eigenvalue weighted by Gasteiger charge is -2.31. The number of alkyl halides is 3. The predicted octanol–water partition coefficient (Wildman–Crippen LogP) is 3.62. The number of nitrogens with zero attached hydrogens (tertiary/aromatic N) is 1. The van der Waals surface area contributed by atoms with Gasteiger partial charge in [-0.1, -0.05) is 18.2 Å². The highest BCUT2D eigenvalue weighted by atomic mass is 19.4. The van der Waals surface area contributed by atoms with Crippen molar-refractivity contribution < 1.29 is 37.0 Å². The Morgan fingerprint density at radius 3 is 2.19 bits per heavy atom. The van der Waals surface area contributed by atoms with Crippen molar-refractivity contribution in [2.75, 3.05) is 25.0 Å². The lowest BCUT2D eigenvalue weighted by molar-refractivity contribution is -0.274. The average molecular weight is 450 g/mol. The van der Waals surface area contributed by atoms with E-state index in [0.29, 0.717) is 31.6 Å². The van der Waals surface area contributed by atoms with Crippen LogP contribution in [0.2, 0.25) is 0 Å². The van der Waals surface area contributed by atoms with Crippen molar-refractivity contribution in [3.8, 4) is 5.75 Å². The molecular weight excluding hydrogens is 429 g/mol. The van der Waals surface area contributed by atoms with Gasteiger partial charge in [0.2, 0.25) is 5.91 Å². The maximum atomic E-state index is 12.4. The molecule has 0 bridgehead atoms. The molecule has 0 unspecified atom stereocenters. The van der Waals surface area contributed by atoms with Crippen molar-refractivity contribution in [2.45, 2.75) is 19.2 Å². The minimum Gasteiger partial charge on any atom is -0.452 e. The summed E-state index contributed by atoms with van der Waals surface area (Å²) in [7, 11) is 0. The van der Waals surface area contributed by atoms with Gasteiger partial charge in [-0.25, -0.2) is 4.79 Å². The molecule has 0 aliphatic carbocycles. The largest absolute Gasteiger partial charge is 0.573 e. The van der Waals surface area contributed by atoms with Crippen LogP contribution in [0.25, 0.3) is 0 Å². The second-order valence-corrected chi connectivity index (χ2v) is 7.16. The minimum absolute atomic E-state index is 0.0105. The van der Waals surface area contributed by atoms with Gasteiger partial charge in [-0.3, -0.25) is 9.59 Å². The first-order chi connectivity index (χ1) is 15.2. The van der Waals surface area contributed by atoms with Crippen LogP contribution in [0.5, 0.6) is 5.75 Å². The van der Waals surface area contributed by atoms with E-state index in [0.717, 1.165) is 24.3 Å². The molecule has 1 heterocycles. The molecule has 0 saturated carbocycles. The van der Waals surface area contributed by atoms with Crippen molar-refractivity contribution >= 4 is 23.5 Å². The van der Waals surface area contributed by atoms with Crippen LogP contribution in [0.3, 0.4) is 0 Å². The number of ether oxygens (including phenoxy) is 2. The molecule has 1 aliphatic heterocycles. The summed E-state index contributed by atoms with van der Waals surface area (Å²) >= 11 is 0. The number of anilines is 1. The number of hydrogen-bond donors (Lipinski definition) is 1. The Hall–Kier alpha value is -3.56. The van der Waals surface area contributed by atoms with Gasteiger partial charge in [-0.15, -0.1) is 13.2 Å². The lowest BCUT2D eigenvalue weighted by Crippen LogP contribution is -2.43. The first-order valence-electron chi connectivity index (χ1n) is 9.88. The molecule has 2 aromatic rings. The molecular formula is C22H21F3N2O5. The molecule has 7 nitrogen and oxygen atoms in total. The summed E-state index contributed by atoms with van der Waals surface area (Å²) in [4.78, 5) is 38.2. The molecule has 1 N–H and O–H groups in total. The Morgan fingerprint density at radius 1 is 0.969 bits per heavy atom. The number of esters is 1. The van der Waals surface area contributed by atoms with Crippen LogP contribution in [-0.4, -0.2) is 48.7 Å². The van der Waals surface area contributed by atoms with Gasteiger partial charge in [0.15, 0.2) is 6.61 Å². The summed E-state index contributed by atoms with van der Waals surface area (Å²) in [6.07, 6.45) is -3.86. The Bertz CT molecular complexity index is 940. The smallest absolute Gasteiger partial charge is 0.452 e. The number of benzene rings is 2. The van der Waals surface area contributed by atoms with Gasteiger partial charge in [0, 0.05) is 24.7 Å². The second-order valence-electron chi connectivity index (χ2n) is 7.16. The van der Waals surface area contributed by atoms with Gasteiger partial charge < -0.3 is 19.7 Å². The maximum Gasteiger partial charge on any atom is 0.573 e. The number of nitrogens with one attached hydrogen (secondary N) is 1. The molecule has 2 amide bonds. The molecule has 0 aromatic heterocycles. The van der Waals surface area contributed by atoms with Crippen molar-refractivity contribution in [3.05, 3.63) is 60.2 Å². The summed E-state index contributed by atoms with van der Waals surface area (Å²) in [5.41, 5.74) is 0.699. The highest BCUT2D eigenvalue weighted by Gasteiger charge is 2.31. The van der Waals surface area contributed by atoms with E-state index in [1.165, 1.54) is 4.90 Å². The summed E-state index contributed by atoms with van der Waals surface area (Å²) in [6.45, 7) is 0.208. The molecule has 32 heavy (non-hydrogen) atoms. The zero-order valence-corrected chi connectivity index (χ0v) is 16.9. The first kappa shape index (κ1) is 23.1. The predicted molar refractivity (Wildman–Crippen MR) is 108 cm³/mol. The van der Waals surface area contributed by atoms with E-state index in [2.05, 4.69) is 10.1 Å². The molecule has 0 radical (unpaired) electrons. The van der Waals surface area contributed by atoms with E-state index < -0.39 is 30.6 Å². The quantitative estimate of drug-likeness (QED) is 0.680. The lowest BCUT2D eigenvalue weighted by atomic mass is 9.95. The van der Waals surface area contributed by atoms with Crippen molar-refractivity contribution in [1.82, 2.24) is 4.90 Å². The number of likely N-dealkylation sites (tertiary alicyclic amines) is 1. The maximum absolute atomic E-state index is 12.4. The number of carbonyl (C=O) groups excluding carboxylic acids is 3. The fourth-order valence-corrected chi connectivity index (χ4v) is 3.25. The zero-order chi connectivity index (χ0) is 23.1. The molecule has 170 valence electrons. The number of amides is 2. The highest BCUT2D eigenvalue weighted by molar-refractivity contribution is 5.93. The fourth-order valence-electron chi connectivity index (χ4n) is 3.25. The van der Waals surface area contributed by atoms with E-state index >= 15 is 0 Å². The minimum atomic E-state index is -4.83. The standard InChI is InChI=1S/C22H21F3N2O5/c23-22(24,25)32-18-8-6-16(7-9-18)21(30)31-14-19(28)27-12-10-15(11-13-27)20(29)26-17-4-2-1-3-5-17/h1-9,15H,10-14H2,(H,26,29). The highest BCUT2D eigenvalue weighted by Crippen LogP contribution is 2.23. The fraction of sp³-hybridized carbons (Fsp3) is 0.318. The molecule has 3 rings (SSSR count). The van der Waals surface area contributed by atoms with Crippen LogP contribution >= 0.6 is 0 Å². The van der Waals surface area contributed by atoms with Crippen LogP contribution in [0, 0.1) is 5.92 Å². The number of hydrogen-bond acceptors (Lipinski definition) is 5. The topological polar surface area (TPSA) is 84.9 Å². The molecule has 10 heteroatoms. The van der Waals surface area contributed by atoms with Crippen molar-refractivity contribution in [3.63, 3.8) is 0 Å². The van der Waals surface area contributed by atoms with Gasteiger partial charge in [-0.2, -0.15) is 0 Å². The Labute approximate surface area is 182 Å². The molecule has 1 saturated heterocycles. The SMILES string of the molecule is O=C(OCC(=O)N1CCC(C(=O)Nc2ccccc2)CC1)c1ccc(OC(F)(F)F)cc1. The molecule has 1 aliphatic rings. The summed E-state index contributed by atoms with van der Waals surface area (Å²) in [5.74, 6) is -2.04. The Morgan fingerprint density at radius 2 is 1.59 bits per heavy atom. The van der Waals surface area contributed by atoms with Gasteiger partial charge in [-0.05, 0) is 49.2 Å². The van der Waals surface area contributed by atoms with Gasteiger partial charge in [0.25, 0.3) is 5.91 Å². The second kappa shape index (κ2) is 10.2. The van der Waals surface area contributed by atoms with E-state index in [-0.39, 0.29) is 17.4 Å². The Balaban J connectivity index is 1.42. The van der Waals surface area contributed by atoms with Crippen molar-refractivity contribution in [1.29, 1.82) is 0 Å². The van der Waals surface area contributed by atoms with E-state index in [1.54, 1.807) is 12.1 Å². The summed E-state index contributed by atoms with van der Waals surface area (Å²) in [6, 6.07) is 13.3. The third-order valence-corrected chi connectivity index (χ3v) is 4.91. The zero-order valence-electron chi connectivity index (χ0n) is 16.9. The number of para-hydroxylation sites is 1. The number of halogens is 3. The number of carbonyl (C=O) groups is 3. The first-order valence-corrected chi connectivity index (χ1v) is 9.88. The normalized spacial score (nSPS) is 14.5. The van der Waals surface area contributed by atoms with Gasteiger partial charge in [0.1, 0.15) is 5.75 Å². The van der Waals surface area contributed by atoms with Crippen LogP contribution in [-0.2, 0) is 14.3 Å². The summed E-state index contributed by atoms with van der Waals surface area (Å²) < 4.78 is 45.2. The molecule has 0 spiro atoms. The number of rotatable bonds is 6. The van der Waals surface area contributed by atoms with E-state index in [4.69, 9.17) is 4.74 Å². The average Bonchev–Trinajstić information content (AvgIpc) is 2.77. The third-order valence-electron chi connectivity index (χ3n) is 4.91. The van der Waals surface area contributed by atoms with Crippen LogP contribution in [0.15, 0.2) is 54.6 Å². The van der Waals surface area contributed by atoms with Gasteiger partial charge >= 0.3 is 12.3 Å². The van der Waals surface area contributed by atoms with Crippen molar-refractivity contribution in [2.24, 2.45) is 5.92 Å². The molecule has 2 aromatic carbocycles. The van der Waals surface area contributed by atoms with Gasteiger partial charge in [0.05, 0.1) is 5.56 Å². The summed E-state index contributed by atoms with van der Waals surface area (Å²) in [5, 5.41) is 2.85. The molecule has 0 atom stereocenters. The number of piperidine rings is 1. The van der Waals surface area contributed by atoms with Crippen LogP contribution in [0.4, 0.5) is 18.9 Å².